The van der Waals surface area contributed by atoms with Crippen LogP contribution in [0, 0.1) is 0 Å². The Kier molecular flexibility index (Phi) is 3.21. The normalized spacial score (nSPS) is 14.1. The van der Waals surface area contributed by atoms with E-state index >= 15 is 0 Å². The first-order valence-electron chi connectivity index (χ1n) is 6.78. The first-order valence-corrected chi connectivity index (χ1v) is 8.41. The van der Waals surface area contributed by atoms with Crippen molar-refractivity contribution < 1.29 is 4.79 Å². The lowest BCUT2D eigenvalue weighted by atomic mass is 10.0. The monoisotopic (exact) mass is 315 g/mol. The summed E-state index contributed by atoms with van der Waals surface area (Å²) in [7, 11) is 0. The van der Waals surface area contributed by atoms with Gasteiger partial charge in [-0.1, -0.05) is 12.1 Å². The Morgan fingerprint density at radius 3 is 3.05 bits per heavy atom. The number of carbonyl (C=O) groups is 1. The van der Waals surface area contributed by atoms with Gasteiger partial charge in [0.05, 0.1) is 10.2 Å². The molecule has 1 aliphatic rings. The van der Waals surface area contributed by atoms with Crippen LogP contribution in [0.4, 0.5) is 5.00 Å². The molecule has 1 aromatic carbocycles. The van der Waals surface area contributed by atoms with E-state index in [0.29, 0.717) is 0 Å². The number of hydrogen-bond donors (Lipinski definition) is 2. The number of carbonyl (C=O) groups excluding carboxylic acids is 1. The SMILES string of the molecule is O=CNc1sc2c(c1-c1nc3ccccc3s1)CCNC2. The molecule has 2 aromatic heterocycles. The zero-order chi connectivity index (χ0) is 14.2. The summed E-state index contributed by atoms with van der Waals surface area (Å²) in [6.45, 7) is 1.85. The van der Waals surface area contributed by atoms with E-state index in [-0.39, 0.29) is 0 Å². The van der Waals surface area contributed by atoms with E-state index in [2.05, 4.69) is 16.7 Å². The zero-order valence-electron chi connectivity index (χ0n) is 11.2. The van der Waals surface area contributed by atoms with Crippen LogP contribution in [0.1, 0.15) is 10.4 Å². The molecule has 0 atom stereocenters. The minimum absolute atomic E-state index is 0.752. The average molecular weight is 315 g/mol. The standard InChI is InChI=1S/C15H13N3OS2/c19-8-17-14-13(9-5-6-16-7-12(9)21-14)15-18-10-3-1-2-4-11(10)20-15/h1-4,8,16H,5-7H2,(H,17,19). The minimum atomic E-state index is 0.752. The Labute approximate surface area is 129 Å². The summed E-state index contributed by atoms with van der Waals surface area (Å²) < 4.78 is 1.18. The van der Waals surface area contributed by atoms with Crippen LogP contribution in [0.2, 0.25) is 0 Å². The number of benzene rings is 1. The molecule has 0 bridgehead atoms. The number of amides is 1. The average Bonchev–Trinajstić information content (AvgIpc) is 3.07. The Balaban J connectivity index is 1.93. The van der Waals surface area contributed by atoms with Crippen molar-refractivity contribution in [3.05, 3.63) is 34.7 Å². The highest BCUT2D eigenvalue weighted by Gasteiger charge is 2.23. The smallest absolute Gasteiger partial charge is 0.212 e. The van der Waals surface area contributed by atoms with E-state index in [4.69, 9.17) is 4.98 Å². The molecular weight excluding hydrogens is 302 g/mol. The van der Waals surface area contributed by atoms with Gasteiger partial charge >= 0.3 is 0 Å². The summed E-state index contributed by atoms with van der Waals surface area (Å²) in [5, 5.41) is 8.15. The Hall–Kier alpha value is -1.76. The molecule has 0 unspecified atom stereocenters. The maximum absolute atomic E-state index is 10.9. The van der Waals surface area contributed by atoms with Crippen LogP contribution in [-0.4, -0.2) is 17.9 Å². The predicted molar refractivity (Wildman–Crippen MR) is 88.0 cm³/mol. The molecule has 2 N–H and O–H groups in total. The van der Waals surface area contributed by atoms with Crippen molar-refractivity contribution in [1.29, 1.82) is 0 Å². The topological polar surface area (TPSA) is 54.0 Å². The van der Waals surface area contributed by atoms with Crippen molar-refractivity contribution in [2.24, 2.45) is 0 Å². The third kappa shape index (κ3) is 2.16. The maximum atomic E-state index is 10.9. The van der Waals surface area contributed by atoms with Gasteiger partial charge < -0.3 is 10.6 Å². The Morgan fingerprint density at radius 1 is 1.29 bits per heavy atom. The van der Waals surface area contributed by atoms with Gasteiger partial charge in [-0.05, 0) is 30.7 Å². The summed E-state index contributed by atoms with van der Waals surface area (Å²) >= 11 is 3.34. The minimum Gasteiger partial charge on any atom is -0.320 e. The Bertz CT molecular complexity index is 789. The van der Waals surface area contributed by atoms with Gasteiger partial charge in [0, 0.05) is 17.0 Å². The van der Waals surface area contributed by atoms with Crippen molar-refractivity contribution in [3.8, 4) is 10.6 Å². The van der Waals surface area contributed by atoms with Gasteiger partial charge in [-0.25, -0.2) is 4.98 Å². The molecule has 21 heavy (non-hydrogen) atoms. The van der Waals surface area contributed by atoms with Crippen LogP contribution < -0.4 is 10.6 Å². The summed E-state index contributed by atoms with van der Waals surface area (Å²) in [5.41, 5.74) is 3.47. The summed E-state index contributed by atoms with van der Waals surface area (Å²) in [4.78, 5) is 17.0. The number of nitrogens with zero attached hydrogens (tertiary/aromatic N) is 1. The number of thiazole rings is 1. The summed E-state index contributed by atoms with van der Waals surface area (Å²) in [5.74, 6) is 0. The van der Waals surface area contributed by atoms with Gasteiger partial charge in [0.2, 0.25) is 6.41 Å². The van der Waals surface area contributed by atoms with Gasteiger partial charge in [-0.2, -0.15) is 0 Å². The highest BCUT2D eigenvalue weighted by molar-refractivity contribution is 7.22. The molecule has 0 saturated carbocycles. The lowest BCUT2D eigenvalue weighted by Crippen LogP contribution is -2.22. The molecule has 106 valence electrons. The van der Waals surface area contributed by atoms with E-state index in [9.17, 15) is 4.79 Å². The highest BCUT2D eigenvalue weighted by Crippen LogP contribution is 2.44. The number of hydrogen-bond acceptors (Lipinski definition) is 5. The van der Waals surface area contributed by atoms with Gasteiger partial charge in [0.1, 0.15) is 10.0 Å². The number of fused-ring (bicyclic) bond motifs is 2. The molecule has 1 amide bonds. The second kappa shape index (κ2) is 5.22. The zero-order valence-corrected chi connectivity index (χ0v) is 12.8. The van der Waals surface area contributed by atoms with Crippen LogP contribution >= 0.6 is 22.7 Å². The molecule has 3 heterocycles. The lowest BCUT2D eigenvalue weighted by Gasteiger charge is -2.13. The van der Waals surface area contributed by atoms with Crippen LogP contribution in [0.3, 0.4) is 0 Å². The first-order chi connectivity index (χ1) is 10.4. The molecule has 0 saturated heterocycles. The first kappa shape index (κ1) is 12.9. The molecule has 4 nitrogen and oxygen atoms in total. The van der Waals surface area contributed by atoms with E-state index < -0.39 is 0 Å². The number of aromatic nitrogens is 1. The van der Waals surface area contributed by atoms with Gasteiger partial charge in [-0.3, -0.25) is 4.79 Å². The lowest BCUT2D eigenvalue weighted by molar-refractivity contribution is -0.105. The quantitative estimate of drug-likeness (QED) is 0.730. The van der Waals surface area contributed by atoms with Gasteiger partial charge in [0.25, 0.3) is 0 Å². The number of nitrogens with one attached hydrogen (secondary N) is 2. The Morgan fingerprint density at radius 2 is 2.19 bits per heavy atom. The third-order valence-corrected chi connectivity index (χ3v) is 5.84. The second-order valence-electron chi connectivity index (χ2n) is 4.88. The van der Waals surface area contributed by atoms with Crippen molar-refractivity contribution in [1.82, 2.24) is 10.3 Å². The van der Waals surface area contributed by atoms with Crippen molar-refractivity contribution >= 4 is 44.3 Å². The molecule has 0 radical (unpaired) electrons. The molecule has 0 aliphatic carbocycles. The van der Waals surface area contributed by atoms with Crippen LogP contribution in [0.25, 0.3) is 20.8 Å². The summed E-state index contributed by atoms with van der Waals surface area (Å²) in [6.07, 6.45) is 1.74. The predicted octanol–water partition coefficient (Wildman–Crippen LogP) is 3.24. The summed E-state index contributed by atoms with van der Waals surface area (Å²) in [6, 6.07) is 8.15. The van der Waals surface area contributed by atoms with E-state index in [1.54, 1.807) is 22.7 Å². The molecule has 6 heteroatoms. The highest BCUT2D eigenvalue weighted by atomic mass is 32.1. The van der Waals surface area contributed by atoms with Gasteiger partial charge in [-0.15, -0.1) is 22.7 Å². The van der Waals surface area contributed by atoms with Crippen LogP contribution in [-0.2, 0) is 17.8 Å². The number of thiophene rings is 1. The van der Waals surface area contributed by atoms with Crippen molar-refractivity contribution in [3.63, 3.8) is 0 Å². The van der Waals surface area contributed by atoms with Crippen molar-refractivity contribution in [2.75, 3.05) is 11.9 Å². The van der Waals surface area contributed by atoms with E-state index in [0.717, 1.165) is 47.0 Å². The molecule has 0 spiro atoms. The number of para-hydroxylation sites is 1. The molecule has 4 rings (SSSR count). The fourth-order valence-corrected chi connectivity index (χ4v) is 4.98. The van der Waals surface area contributed by atoms with Crippen LogP contribution in [0.5, 0.6) is 0 Å². The fourth-order valence-electron chi connectivity index (χ4n) is 2.70. The number of rotatable bonds is 3. The molecule has 3 aromatic rings. The van der Waals surface area contributed by atoms with Gasteiger partial charge in [0.15, 0.2) is 0 Å². The molecule has 1 aliphatic heterocycles. The molecule has 0 fully saturated rings. The van der Waals surface area contributed by atoms with E-state index in [1.165, 1.54) is 15.1 Å². The molecular formula is C15H13N3OS2. The third-order valence-electron chi connectivity index (χ3n) is 3.63. The number of anilines is 1. The second-order valence-corrected chi connectivity index (χ2v) is 7.02. The van der Waals surface area contributed by atoms with Crippen LogP contribution in [0.15, 0.2) is 24.3 Å². The largest absolute Gasteiger partial charge is 0.320 e. The maximum Gasteiger partial charge on any atom is 0.212 e. The van der Waals surface area contributed by atoms with Crippen molar-refractivity contribution in [2.45, 2.75) is 13.0 Å². The fraction of sp³-hybridized carbons (Fsp3) is 0.200. The van der Waals surface area contributed by atoms with E-state index in [1.807, 2.05) is 18.2 Å².